The van der Waals surface area contributed by atoms with Gasteiger partial charge in [0.1, 0.15) is 17.4 Å². The van der Waals surface area contributed by atoms with E-state index in [1.807, 2.05) is 6.92 Å². The Morgan fingerprint density at radius 3 is 2.58 bits per heavy atom. The molecule has 1 amide bonds. The van der Waals surface area contributed by atoms with Crippen molar-refractivity contribution in [3.05, 3.63) is 28.2 Å². The van der Waals surface area contributed by atoms with Gasteiger partial charge in [-0.2, -0.15) is 0 Å². The summed E-state index contributed by atoms with van der Waals surface area (Å²) < 4.78 is 10.1. The Morgan fingerprint density at radius 2 is 2.00 bits per heavy atom. The van der Waals surface area contributed by atoms with Gasteiger partial charge in [0.25, 0.3) is 5.91 Å². The van der Waals surface area contributed by atoms with Crippen molar-refractivity contribution in [2.75, 3.05) is 13.7 Å². The maximum atomic E-state index is 11.9. The Hall–Kier alpha value is -2.09. The number of ether oxygens (including phenoxy) is 2. The highest BCUT2D eigenvalue weighted by molar-refractivity contribution is 9.10. The fourth-order valence-corrected chi connectivity index (χ4v) is 2.25. The molecule has 0 bridgehead atoms. The number of hydrogen-bond acceptors (Lipinski definition) is 6. The summed E-state index contributed by atoms with van der Waals surface area (Å²) in [5, 5.41) is 12.1. The molecule has 1 rings (SSSR count). The van der Waals surface area contributed by atoms with Gasteiger partial charge in [0, 0.05) is 4.47 Å². The van der Waals surface area contributed by atoms with E-state index in [1.54, 1.807) is 13.0 Å². The van der Waals surface area contributed by atoms with Gasteiger partial charge in [0.15, 0.2) is 6.61 Å². The number of carbonyl (C=O) groups is 3. The number of methoxy groups -OCH3 is 1. The Kier molecular flexibility index (Phi) is 7.70. The van der Waals surface area contributed by atoms with E-state index >= 15 is 0 Å². The molecule has 0 heterocycles. The van der Waals surface area contributed by atoms with E-state index in [0.717, 1.165) is 0 Å². The minimum Gasteiger partial charge on any atom is -0.507 e. The Balaban J connectivity index is 2.66. The van der Waals surface area contributed by atoms with Crippen LogP contribution >= 0.6 is 15.9 Å². The van der Waals surface area contributed by atoms with E-state index in [4.69, 9.17) is 4.74 Å². The summed E-state index contributed by atoms with van der Waals surface area (Å²) in [6.45, 7) is 3.10. The lowest BCUT2D eigenvalue weighted by atomic mass is 9.99. The molecule has 0 aliphatic heterocycles. The molecular weight excluding hydrogens is 382 g/mol. The second kappa shape index (κ2) is 9.27. The van der Waals surface area contributed by atoms with Crippen LogP contribution in [0.1, 0.15) is 30.6 Å². The quantitative estimate of drug-likeness (QED) is 0.677. The van der Waals surface area contributed by atoms with E-state index in [-0.39, 0.29) is 17.2 Å². The first-order valence-corrected chi connectivity index (χ1v) is 8.12. The van der Waals surface area contributed by atoms with Crippen LogP contribution in [0, 0.1) is 5.92 Å². The molecule has 0 aromatic heterocycles. The second-order valence-electron chi connectivity index (χ2n) is 5.19. The molecule has 2 N–H and O–H groups in total. The van der Waals surface area contributed by atoms with Crippen LogP contribution in [-0.2, 0) is 19.1 Å². The molecule has 7 nitrogen and oxygen atoms in total. The van der Waals surface area contributed by atoms with E-state index < -0.39 is 30.5 Å². The van der Waals surface area contributed by atoms with Crippen molar-refractivity contribution < 1.29 is 29.0 Å². The average molecular weight is 402 g/mol. The molecule has 1 aromatic rings. The molecule has 8 heteroatoms. The number of halogens is 1. The first kappa shape index (κ1) is 20.0. The van der Waals surface area contributed by atoms with E-state index in [9.17, 15) is 19.5 Å². The monoisotopic (exact) mass is 401 g/mol. The second-order valence-corrected chi connectivity index (χ2v) is 6.11. The summed E-state index contributed by atoms with van der Waals surface area (Å²) in [5.74, 6) is -2.42. The first-order chi connectivity index (χ1) is 11.3. The third kappa shape index (κ3) is 5.52. The van der Waals surface area contributed by atoms with Crippen molar-refractivity contribution in [1.29, 1.82) is 0 Å². The topological polar surface area (TPSA) is 102 Å². The molecule has 132 valence electrons. The smallest absolute Gasteiger partial charge is 0.342 e. The van der Waals surface area contributed by atoms with Crippen LogP contribution in [-0.4, -0.2) is 42.7 Å². The molecule has 0 aliphatic rings. The van der Waals surface area contributed by atoms with Gasteiger partial charge >= 0.3 is 11.9 Å². The third-order valence-corrected chi connectivity index (χ3v) is 3.99. The average Bonchev–Trinajstić information content (AvgIpc) is 2.58. The molecule has 0 saturated carbocycles. The van der Waals surface area contributed by atoms with E-state index in [0.29, 0.717) is 10.9 Å². The molecule has 0 spiro atoms. The largest absolute Gasteiger partial charge is 0.507 e. The summed E-state index contributed by atoms with van der Waals surface area (Å²) in [4.78, 5) is 35.5. The van der Waals surface area contributed by atoms with Gasteiger partial charge in [-0.05, 0) is 24.1 Å². The number of esters is 2. The Bertz CT molecular complexity index is 619. The number of amides is 1. The third-order valence-electron chi connectivity index (χ3n) is 3.50. The predicted octanol–water partition coefficient (Wildman–Crippen LogP) is 2.02. The van der Waals surface area contributed by atoms with Gasteiger partial charge < -0.3 is 19.9 Å². The summed E-state index contributed by atoms with van der Waals surface area (Å²) in [5.41, 5.74) is -0.0661. The molecule has 0 unspecified atom stereocenters. The number of nitrogens with one attached hydrogen (secondary N) is 1. The van der Waals surface area contributed by atoms with Crippen LogP contribution in [0.25, 0.3) is 0 Å². The fourth-order valence-electron chi connectivity index (χ4n) is 1.89. The maximum absolute atomic E-state index is 11.9. The standard InChI is InChI=1S/C16H20BrNO6/c1-4-9(2)14(16(22)23-3)18-13(20)8-24-15(21)11-7-10(17)5-6-12(11)19/h5-7,9,14,19H,4,8H2,1-3H3,(H,18,20)/t9-,14+/m0/s1. The van der Waals surface area contributed by atoms with Crippen molar-refractivity contribution in [2.24, 2.45) is 5.92 Å². The number of benzene rings is 1. The lowest BCUT2D eigenvalue weighted by Gasteiger charge is -2.21. The van der Waals surface area contributed by atoms with Crippen molar-refractivity contribution in [2.45, 2.75) is 26.3 Å². The highest BCUT2D eigenvalue weighted by Gasteiger charge is 2.27. The molecule has 0 radical (unpaired) electrons. The fraction of sp³-hybridized carbons (Fsp3) is 0.438. The van der Waals surface area contributed by atoms with Crippen LogP contribution in [0.15, 0.2) is 22.7 Å². The molecule has 0 aliphatic carbocycles. The molecule has 24 heavy (non-hydrogen) atoms. The zero-order chi connectivity index (χ0) is 18.3. The van der Waals surface area contributed by atoms with Crippen LogP contribution in [0.3, 0.4) is 0 Å². The molecule has 0 saturated heterocycles. The molecular formula is C16H20BrNO6. The highest BCUT2D eigenvalue weighted by atomic mass is 79.9. The predicted molar refractivity (Wildman–Crippen MR) is 89.5 cm³/mol. The number of carbonyl (C=O) groups excluding carboxylic acids is 3. The van der Waals surface area contributed by atoms with Crippen LogP contribution in [0.2, 0.25) is 0 Å². The van der Waals surface area contributed by atoms with Crippen molar-refractivity contribution in [1.82, 2.24) is 5.32 Å². The zero-order valence-electron chi connectivity index (χ0n) is 13.7. The van der Waals surface area contributed by atoms with Crippen LogP contribution in [0.4, 0.5) is 0 Å². The van der Waals surface area contributed by atoms with Gasteiger partial charge in [-0.3, -0.25) is 4.79 Å². The number of aromatic hydroxyl groups is 1. The molecule has 0 fully saturated rings. The maximum Gasteiger partial charge on any atom is 0.342 e. The number of phenolic OH excluding ortho intramolecular Hbond substituents is 1. The minimum absolute atomic E-state index is 0.0661. The number of hydrogen-bond donors (Lipinski definition) is 2. The lowest BCUT2D eigenvalue weighted by Crippen LogP contribution is -2.47. The zero-order valence-corrected chi connectivity index (χ0v) is 15.3. The highest BCUT2D eigenvalue weighted by Crippen LogP contribution is 2.22. The van der Waals surface area contributed by atoms with Gasteiger partial charge in [-0.25, -0.2) is 9.59 Å². The van der Waals surface area contributed by atoms with E-state index in [1.165, 1.54) is 19.2 Å². The Morgan fingerprint density at radius 1 is 1.33 bits per heavy atom. The summed E-state index contributed by atoms with van der Waals surface area (Å²) in [6.07, 6.45) is 0.658. The van der Waals surface area contributed by atoms with Crippen molar-refractivity contribution >= 4 is 33.8 Å². The van der Waals surface area contributed by atoms with Gasteiger partial charge in [0.05, 0.1) is 7.11 Å². The summed E-state index contributed by atoms with van der Waals surface area (Å²) in [7, 11) is 1.24. The van der Waals surface area contributed by atoms with Gasteiger partial charge in [-0.1, -0.05) is 36.2 Å². The van der Waals surface area contributed by atoms with Gasteiger partial charge in [-0.15, -0.1) is 0 Å². The van der Waals surface area contributed by atoms with Crippen LogP contribution in [0.5, 0.6) is 5.75 Å². The Labute approximate surface area is 148 Å². The normalized spacial score (nSPS) is 12.8. The van der Waals surface area contributed by atoms with Crippen molar-refractivity contribution in [3.63, 3.8) is 0 Å². The molecule has 2 atom stereocenters. The van der Waals surface area contributed by atoms with Crippen molar-refractivity contribution in [3.8, 4) is 5.75 Å². The lowest BCUT2D eigenvalue weighted by molar-refractivity contribution is -0.147. The molecule has 1 aromatic carbocycles. The number of phenols is 1. The van der Waals surface area contributed by atoms with Crippen LogP contribution < -0.4 is 5.32 Å². The summed E-state index contributed by atoms with van der Waals surface area (Å²) in [6, 6.07) is 3.46. The first-order valence-electron chi connectivity index (χ1n) is 7.33. The number of rotatable bonds is 7. The summed E-state index contributed by atoms with van der Waals surface area (Å²) >= 11 is 3.18. The van der Waals surface area contributed by atoms with Gasteiger partial charge in [0.2, 0.25) is 0 Å². The SMILES string of the molecule is CC[C@H](C)[C@@H](NC(=O)COC(=O)c1cc(Br)ccc1O)C(=O)OC. The minimum atomic E-state index is -0.845. The van der Waals surface area contributed by atoms with E-state index in [2.05, 4.69) is 26.0 Å².